The molecule has 0 amide bonds. The number of nitrogens with two attached hydrogens (primary N) is 1. The van der Waals surface area contributed by atoms with E-state index in [1.165, 1.54) is 16.9 Å². The molecule has 0 spiro atoms. The van der Waals surface area contributed by atoms with Crippen LogP contribution >= 0.6 is 11.3 Å². The number of hydrogen-bond donors (Lipinski definition) is 1. The number of thiazole rings is 1. The predicted molar refractivity (Wildman–Crippen MR) is 83.6 cm³/mol. The number of nitrogen functional groups attached to an aromatic ring is 1. The third-order valence-electron chi connectivity index (χ3n) is 3.57. The van der Waals surface area contributed by atoms with Gasteiger partial charge in [-0.2, -0.15) is 0 Å². The van der Waals surface area contributed by atoms with E-state index < -0.39 is 0 Å². The molecule has 0 fully saturated rings. The van der Waals surface area contributed by atoms with E-state index in [1.54, 1.807) is 6.20 Å². The molecule has 0 unspecified atom stereocenters. The molecule has 0 radical (unpaired) electrons. The van der Waals surface area contributed by atoms with Gasteiger partial charge in [-0.3, -0.25) is 4.79 Å². The van der Waals surface area contributed by atoms with Gasteiger partial charge in [0.1, 0.15) is 0 Å². The molecular formula is C16H16N2OS. The molecule has 1 aromatic carbocycles. The molecule has 1 heterocycles. The highest BCUT2D eigenvalue weighted by molar-refractivity contribution is 7.16. The zero-order chi connectivity index (χ0) is 14.3. The number of fused-ring (bicyclic) bond motifs is 1. The number of benzene rings is 1. The fourth-order valence-corrected chi connectivity index (χ4v) is 3.07. The van der Waals surface area contributed by atoms with E-state index in [0.717, 1.165) is 21.6 Å². The van der Waals surface area contributed by atoms with Gasteiger partial charge in [-0.15, -0.1) is 0 Å². The fourth-order valence-electron chi connectivity index (χ4n) is 2.44. The molecule has 20 heavy (non-hydrogen) atoms. The van der Waals surface area contributed by atoms with Crippen LogP contribution in [0, 0.1) is 0 Å². The second-order valence-electron chi connectivity index (χ2n) is 5.33. The van der Waals surface area contributed by atoms with Crippen molar-refractivity contribution in [3.05, 3.63) is 46.0 Å². The molecule has 1 aliphatic rings. The summed E-state index contributed by atoms with van der Waals surface area (Å²) in [6, 6.07) is 6.33. The van der Waals surface area contributed by atoms with Crippen LogP contribution in [-0.4, -0.2) is 10.8 Å². The zero-order valence-electron chi connectivity index (χ0n) is 11.5. The Morgan fingerprint density at radius 3 is 2.85 bits per heavy atom. The summed E-state index contributed by atoms with van der Waals surface area (Å²) in [5.41, 5.74) is 9.86. The molecule has 3 rings (SSSR count). The van der Waals surface area contributed by atoms with Crippen molar-refractivity contribution >= 4 is 33.9 Å². The van der Waals surface area contributed by atoms with Crippen LogP contribution in [0.15, 0.2) is 24.4 Å². The molecule has 102 valence electrons. The Labute approximate surface area is 122 Å². The van der Waals surface area contributed by atoms with E-state index in [-0.39, 0.29) is 5.78 Å². The van der Waals surface area contributed by atoms with Crippen LogP contribution in [0.25, 0.3) is 11.6 Å². The molecule has 3 nitrogen and oxygen atoms in total. The normalized spacial score (nSPS) is 16.1. The number of Topliss-reactive ketones (excluding diaryl/α,β-unsaturated/α-hetero) is 1. The van der Waals surface area contributed by atoms with Gasteiger partial charge in [0.25, 0.3) is 0 Å². The highest BCUT2D eigenvalue weighted by atomic mass is 32.1. The van der Waals surface area contributed by atoms with Gasteiger partial charge in [-0.05, 0) is 28.7 Å². The molecule has 4 heteroatoms. The minimum Gasteiger partial charge on any atom is -0.375 e. The number of carbonyl (C=O) groups is 1. The maximum Gasteiger partial charge on any atom is 0.180 e. The molecule has 1 aromatic heterocycles. The first-order valence-corrected chi connectivity index (χ1v) is 7.45. The average Bonchev–Trinajstić information content (AvgIpc) is 2.94. The maximum atomic E-state index is 12.2. The minimum absolute atomic E-state index is 0.174. The lowest BCUT2D eigenvalue weighted by atomic mass is 9.97. The van der Waals surface area contributed by atoms with Gasteiger partial charge in [-0.1, -0.05) is 43.4 Å². The van der Waals surface area contributed by atoms with E-state index in [9.17, 15) is 4.79 Å². The monoisotopic (exact) mass is 284 g/mol. The molecule has 0 atom stereocenters. The predicted octanol–water partition coefficient (Wildman–Crippen LogP) is 3.51. The lowest BCUT2D eigenvalue weighted by molar-refractivity contribution is -0.112. The van der Waals surface area contributed by atoms with Crippen molar-refractivity contribution in [1.29, 1.82) is 0 Å². The molecule has 0 bridgehead atoms. The smallest absolute Gasteiger partial charge is 0.180 e. The summed E-state index contributed by atoms with van der Waals surface area (Å²) in [5.74, 6) is 0.629. The van der Waals surface area contributed by atoms with Crippen LogP contribution < -0.4 is 5.73 Å². The lowest BCUT2D eigenvalue weighted by Crippen LogP contribution is -1.93. The van der Waals surface area contributed by atoms with Crippen molar-refractivity contribution in [1.82, 2.24) is 4.98 Å². The summed E-state index contributed by atoms with van der Waals surface area (Å²) in [7, 11) is 0. The van der Waals surface area contributed by atoms with Crippen molar-refractivity contribution in [2.24, 2.45) is 0 Å². The van der Waals surface area contributed by atoms with E-state index >= 15 is 0 Å². The van der Waals surface area contributed by atoms with Gasteiger partial charge in [0, 0.05) is 23.1 Å². The third kappa shape index (κ3) is 2.27. The third-order valence-corrected chi connectivity index (χ3v) is 4.34. The molecule has 0 saturated carbocycles. The average molecular weight is 284 g/mol. The maximum absolute atomic E-state index is 12.2. The number of carbonyl (C=O) groups excluding carboxylic acids is 1. The van der Waals surface area contributed by atoms with Gasteiger partial charge in [0.15, 0.2) is 10.9 Å². The fraction of sp³-hybridized carbons (Fsp3) is 0.250. The van der Waals surface area contributed by atoms with Gasteiger partial charge in [-0.25, -0.2) is 4.98 Å². The summed E-state index contributed by atoms with van der Waals surface area (Å²) in [5, 5.41) is 0.526. The standard InChI is InChI=1S/C16H16N2OS/c1-9(2)10-3-4-11-6-15(19)14(13(11)5-10)7-12-8-18-16(17)20-12/h3-5,7-9H,6H2,1-2H3,(H2,17,18)/b14-7+. The zero-order valence-corrected chi connectivity index (χ0v) is 12.3. The van der Waals surface area contributed by atoms with Crippen LogP contribution in [0.5, 0.6) is 0 Å². The van der Waals surface area contributed by atoms with Crippen molar-refractivity contribution < 1.29 is 4.79 Å². The van der Waals surface area contributed by atoms with E-state index in [2.05, 4.69) is 37.0 Å². The van der Waals surface area contributed by atoms with Crippen molar-refractivity contribution in [2.75, 3.05) is 5.73 Å². The number of hydrogen-bond acceptors (Lipinski definition) is 4. The van der Waals surface area contributed by atoms with Gasteiger partial charge >= 0.3 is 0 Å². The van der Waals surface area contributed by atoms with Crippen LogP contribution in [-0.2, 0) is 11.2 Å². The van der Waals surface area contributed by atoms with Crippen LogP contribution in [0.3, 0.4) is 0 Å². The second kappa shape index (κ2) is 4.87. The number of nitrogens with zero attached hydrogens (tertiary/aromatic N) is 1. The molecule has 0 saturated heterocycles. The van der Waals surface area contributed by atoms with Crippen molar-refractivity contribution in [2.45, 2.75) is 26.2 Å². The quantitative estimate of drug-likeness (QED) is 0.858. The molecule has 0 aliphatic heterocycles. The van der Waals surface area contributed by atoms with Crippen LogP contribution in [0.4, 0.5) is 5.13 Å². The van der Waals surface area contributed by atoms with Crippen molar-refractivity contribution in [3.63, 3.8) is 0 Å². The van der Waals surface area contributed by atoms with Crippen LogP contribution in [0.2, 0.25) is 0 Å². The number of rotatable bonds is 2. The summed E-state index contributed by atoms with van der Waals surface area (Å²) in [6.07, 6.45) is 4.12. The topological polar surface area (TPSA) is 56.0 Å². The molecule has 2 N–H and O–H groups in total. The summed E-state index contributed by atoms with van der Waals surface area (Å²) in [6.45, 7) is 4.32. The number of ketones is 1. The van der Waals surface area contributed by atoms with Gasteiger partial charge in [0.2, 0.25) is 0 Å². The Morgan fingerprint density at radius 1 is 1.40 bits per heavy atom. The Kier molecular flexibility index (Phi) is 3.18. The SMILES string of the molecule is CC(C)c1ccc2c(c1)/C(=C\c1cnc(N)s1)C(=O)C2. The first-order valence-electron chi connectivity index (χ1n) is 6.64. The minimum atomic E-state index is 0.174. The Balaban J connectivity index is 2.08. The number of allylic oxidation sites excluding steroid dienone is 1. The molecule has 2 aromatic rings. The highest BCUT2D eigenvalue weighted by Crippen LogP contribution is 2.34. The summed E-state index contributed by atoms with van der Waals surface area (Å²) >= 11 is 1.40. The molecular weight excluding hydrogens is 268 g/mol. The second-order valence-corrected chi connectivity index (χ2v) is 6.42. The Hall–Kier alpha value is -1.94. The van der Waals surface area contributed by atoms with Gasteiger partial charge in [0.05, 0.1) is 0 Å². The Bertz CT molecular complexity index is 713. The summed E-state index contributed by atoms with van der Waals surface area (Å²) < 4.78 is 0. The molecule has 1 aliphatic carbocycles. The first kappa shape index (κ1) is 13.1. The largest absolute Gasteiger partial charge is 0.375 e. The van der Waals surface area contributed by atoms with E-state index in [1.807, 2.05) is 6.08 Å². The summed E-state index contributed by atoms with van der Waals surface area (Å²) in [4.78, 5) is 17.2. The number of aromatic nitrogens is 1. The van der Waals surface area contributed by atoms with E-state index in [4.69, 9.17) is 5.73 Å². The highest BCUT2D eigenvalue weighted by Gasteiger charge is 2.25. The van der Waals surface area contributed by atoms with Gasteiger partial charge < -0.3 is 5.73 Å². The first-order chi connectivity index (χ1) is 9.54. The van der Waals surface area contributed by atoms with Crippen molar-refractivity contribution in [3.8, 4) is 0 Å². The number of anilines is 1. The van der Waals surface area contributed by atoms with Crippen LogP contribution in [0.1, 0.15) is 41.3 Å². The lowest BCUT2D eigenvalue weighted by Gasteiger charge is -2.08. The Morgan fingerprint density at radius 2 is 2.20 bits per heavy atom. The van der Waals surface area contributed by atoms with E-state index in [0.29, 0.717) is 17.5 Å².